The molecule has 0 fully saturated rings. The Labute approximate surface area is 123 Å². The van der Waals surface area contributed by atoms with Gasteiger partial charge in [0.25, 0.3) is 0 Å². The van der Waals surface area contributed by atoms with E-state index in [1.807, 2.05) is 6.92 Å². The fraction of sp³-hybridized carbons (Fsp3) is 0.538. The first-order valence-corrected chi connectivity index (χ1v) is 8.63. The van der Waals surface area contributed by atoms with E-state index in [2.05, 4.69) is 0 Å². The Morgan fingerprint density at radius 2 is 2.20 bits per heavy atom. The van der Waals surface area contributed by atoms with Gasteiger partial charge in [-0.15, -0.1) is 0 Å². The van der Waals surface area contributed by atoms with Gasteiger partial charge in [-0.1, -0.05) is 11.6 Å². The molecule has 2 atom stereocenters. The zero-order valence-electron chi connectivity index (χ0n) is 11.4. The first-order valence-electron chi connectivity index (χ1n) is 6.36. The average Bonchev–Trinajstić information content (AvgIpc) is 2.34. The topological polar surface area (TPSA) is 78.6 Å². The molecular formula is C13H18ClNO4S. The van der Waals surface area contributed by atoms with Crippen molar-refractivity contribution in [1.82, 2.24) is 0 Å². The molecule has 2 rings (SSSR count). The minimum absolute atomic E-state index is 0.0888. The van der Waals surface area contributed by atoms with Crippen LogP contribution in [0.25, 0.3) is 0 Å². The summed E-state index contributed by atoms with van der Waals surface area (Å²) < 4.78 is 34.5. The predicted octanol–water partition coefficient (Wildman–Crippen LogP) is 2.01. The van der Waals surface area contributed by atoms with Crippen molar-refractivity contribution < 1.29 is 17.9 Å². The smallest absolute Gasteiger partial charge is 0.180 e. The van der Waals surface area contributed by atoms with Gasteiger partial charge in [-0.25, -0.2) is 8.42 Å². The predicted molar refractivity (Wildman–Crippen MR) is 77.4 cm³/mol. The highest BCUT2D eigenvalue weighted by molar-refractivity contribution is 7.90. The van der Waals surface area contributed by atoms with Crippen LogP contribution in [0.2, 0.25) is 5.02 Å². The van der Waals surface area contributed by atoms with Crippen LogP contribution in [0, 0.1) is 0 Å². The zero-order valence-corrected chi connectivity index (χ0v) is 13.0. The number of sulfone groups is 1. The number of rotatable bonds is 4. The lowest BCUT2D eigenvalue weighted by molar-refractivity contribution is 0.0820. The van der Waals surface area contributed by atoms with Crippen LogP contribution in [0.15, 0.2) is 17.0 Å². The third-order valence-corrected chi connectivity index (χ3v) is 4.44. The van der Waals surface area contributed by atoms with Crippen molar-refractivity contribution in [1.29, 1.82) is 0 Å². The second-order valence-corrected chi connectivity index (χ2v) is 7.53. The SMILES string of the molecule is CC(N)CC[C@H]1COc2c(Cl)cc(S(C)(=O)=O)cc2O1. The number of hydrogen-bond acceptors (Lipinski definition) is 5. The number of fused-ring (bicyclic) bond motifs is 1. The Bertz CT molecular complexity index is 601. The number of ether oxygens (including phenoxy) is 2. The molecule has 5 nitrogen and oxygen atoms in total. The fourth-order valence-corrected chi connectivity index (χ4v) is 2.95. The molecule has 0 radical (unpaired) electrons. The molecule has 1 aromatic rings. The molecule has 112 valence electrons. The van der Waals surface area contributed by atoms with E-state index in [0.717, 1.165) is 19.1 Å². The van der Waals surface area contributed by atoms with Crippen molar-refractivity contribution in [2.45, 2.75) is 36.8 Å². The molecule has 0 bridgehead atoms. The Balaban J connectivity index is 2.24. The molecule has 20 heavy (non-hydrogen) atoms. The highest BCUT2D eigenvalue weighted by Crippen LogP contribution is 2.41. The maximum Gasteiger partial charge on any atom is 0.180 e. The van der Waals surface area contributed by atoms with Crippen molar-refractivity contribution in [3.8, 4) is 11.5 Å². The molecule has 1 aromatic carbocycles. The van der Waals surface area contributed by atoms with E-state index in [4.69, 9.17) is 26.8 Å². The number of benzene rings is 1. The van der Waals surface area contributed by atoms with Gasteiger partial charge in [0.2, 0.25) is 0 Å². The van der Waals surface area contributed by atoms with E-state index in [1.165, 1.54) is 12.1 Å². The summed E-state index contributed by atoms with van der Waals surface area (Å²) >= 11 is 6.04. The molecule has 0 aliphatic carbocycles. The number of hydrogen-bond donors (Lipinski definition) is 1. The first-order chi connectivity index (χ1) is 9.27. The van der Waals surface area contributed by atoms with Crippen molar-refractivity contribution in [3.05, 3.63) is 17.2 Å². The molecule has 0 spiro atoms. The quantitative estimate of drug-likeness (QED) is 0.918. The van der Waals surface area contributed by atoms with Crippen molar-refractivity contribution >= 4 is 21.4 Å². The standard InChI is InChI=1S/C13H18ClNO4S/c1-8(15)3-4-9-7-18-13-11(14)5-10(20(2,16)17)6-12(13)19-9/h5-6,8-9H,3-4,7,15H2,1-2H3/t8?,9-/m0/s1. The van der Waals surface area contributed by atoms with Gasteiger partial charge in [0.05, 0.1) is 9.92 Å². The Morgan fingerprint density at radius 3 is 2.80 bits per heavy atom. The molecule has 1 unspecified atom stereocenters. The molecule has 7 heteroatoms. The summed E-state index contributed by atoms with van der Waals surface area (Å²) in [6.45, 7) is 2.31. The van der Waals surface area contributed by atoms with E-state index in [0.29, 0.717) is 18.1 Å². The second kappa shape index (κ2) is 5.79. The van der Waals surface area contributed by atoms with Crippen LogP contribution in [-0.2, 0) is 9.84 Å². The molecule has 0 saturated carbocycles. The summed E-state index contributed by atoms with van der Waals surface area (Å²) in [5.74, 6) is 0.773. The summed E-state index contributed by atoms with van der Waals surface area (Å²) in [4.78, 5) is 0.123. The highest BCUT2D eigenvalue weighted by Gasteiger charge is 2.25. The highest BCUT2D eigenvalue weighted by atomic mass is 35.5. The van der Waals surface area contributed by atoms with Gasteiger partial charge in [-0.05, 0) is 25.8 Å². The zero-order chi connectivity index (χ0) is 14.9. The van der Waals surface area contributed by atoms with Gasteiger partial charge in [0.1, 0.15) is 12.7 Å². The van der Waals surface area contributed by atoms with Crippen LogP contribution < -0.4 is 15.2 Å². The molecular weight excluding hydrogens is 302 g/mol. The summed E-state index contributed by atoms with van der Waals surface area (Å²) in [5.41, 5.74) is 5.71. The lowest BCUT2D eigenvalue weighted by Crippen LogP contribution is -2.31. The van der Waals surface area contributed by atoms with Gasteiger partial charge in [0, 0.05) is 18.4 Å². The summed E-state index contributed by atoms with van der Waals surface area (Å²) in [7, 11) is -3.34. The number of halogens is 1. The van der Waals surface area contributed by atoms with E-state index < -0.39 is 9.84 Å². The van der Waals surface area contributed by atoms with E-state index in [9.17, 15) is 8.42 Å². The van der Waals surface area contributed by atoms with E-state index in [1.54, 1.807) is 0 Å². The van der Waals surface area contributed by atoms with Gasteiger partial charge < -0.3 is 15.2 Å². The maximum atomic E-state index is 11.6. The van der Waals surface area contributed by atoms with Crippen LogP contribution in [0.5, 0.6) is 11.5 Å². The summed E-state index contributed by atoms with van der Waals surface area (Å²) in [5, 5.41) is 0.244. The number of nitrogens with two attached hydrogens (primary N) is 1. The van der Waals surface area contributed by atoms with Crippen LogP contribution >= 0.6 is 11.6 Å². The van der Waals surface area contributed by atoms with Crippen LogP contribution in [0.1, 0.15) is 19.8 Å². The second-order valence-electron chi connectivity index (χ2n) is 5.11. The normalized spacial score (nSPS) is 19.7. The Morgan fingerprint density at radius 1 is 1.50 bits per heavy atom. The van der Waals surface area contributed by atoms with Gasteiger partial charge in [-0.2, -0.15) is 0 Å². The largest absolute Gasteiger partial charge is 0.484 e. The van der Waals surface area contributed by atoms with E-state index >= 15 is 0 Å². The molecule has 0 amide bonds. The summed E-state index contributed by atoms with van der Waals surface area (Å²) in [6.07, 6.45) is 2.54. The average molecular weight is 320 g/mol. The molecule has 2 N–H and O–H groups in total. The third kappa shape index (κ3) is 3.56. The lowest BCUT2D eigenvalue weighted by atomic mass is 10.1. The molecule has 1 aliphatic heterocycles. The Kier molecular flexibility index (Phi) is 4.46. The van der Waals surface area contributed by atoms with Gasteiger partial charge in [0.15, 0.2) is 21.3 Å². The van der Waals surface area contributed by atoms with Gasteiger partial charge in [-0.3, -0.25) is 0 Å². The lowest BCUT2D eigenvalue weighted by Gasteiger charge is -2.28. The fourth-order valence-electron chi connectivity index (χ4n) is 1.97. The van der Waals surface area contributed by atoms with Gasteiger partial charge >= 0.3 is 0 Å². The maximum absolute atomic E-state index is 11.6. The Hall–Kier alpha value is -0.980. The van der Waals surface area contributed by atoms with Crippen molar-refractivity contribution in [3.63, 3.8) is 0 Å². The van der Waals surface area contributed by atoms with Crippen LogP contribution in [0.3, 0.4) is 0 Å². The first kappa shape index (κ1) is 15.4. The van der Waals surface area contributed by atoms with Crippen LogP contribution in [-0.4, -0.2) is 33.4 Å². The monoisotopic (exact) mass is 319 g/mol. The minimum atomic E-state index is -3.34. The molecule has 1 heterocycles. The van der Waals surface area contributed by atoms with E-state index in [-0.39, 0.29) is 22.1 Å². The molecule has 1 aliphatic rings. The molecule has 0 aromatic heterocycles. The third-order valence-electron chi connectivity index (χ3n) is 3.06. The van der Waals surface area contributed by atoms with Crippen molar-refractivity contribution in [2.24, 2.45) is 5.73 Å². The van der Waals surface area contributed by atoms with Crippen LogP contribution in [0.4, 0.5) is 0 Å². The minimum Gasteiger partial charge on any atom is -0.484 e. The summed E-state index contributed by atoms with van der Waals surface area (Å²) in [6, 6.07) is 2.92. The molecule has 0 saturated heterocycles. The van der Waals surface area contributed by atoms with Crippen molar-refractivity contribution in [2.75, 3.05) is 12.9 Å².